The topological polar surface area (TPSA) is 74.8 Å². The minimum absolute atomic E-state index is 0.0411. The minimum atomic E-state index is -0.213. The molecular formula is C20H24N4O3S. The van der Waals surface area contributed by atoms with Gasteiger partial charge in [0.2, 0.25) is 5.91 Å². The van der Waals surface area contributed by atoms with Gasteiger partial charge in [0.05, 0.1) is 18.9 Å². The lowest BCUT2D eigenvalue weighted by Gasteiger charge is -2.26. The van der Waals surface area contributed by atoms with E-state index in [2.05, 4.69) is 15.2 Å². The molecule has 2 amide bonds. The highest BCUT2D eigenvalue weighted by Crippen LogP contribution is 2.22. The minimum Gasteiger partial charge on any atom is -0.379 e. The molecule has 3 heterocycles. The van der Waals surface area contributed by atoms with E-state index in [-0.39, 0.29) is 18.4 Å². The second-order valence-electron chi connectivity index (χ2n) is 7.07. The monoisotopic (exact) mass is 400 g/mol. The smallest absolute Gasteiger partial charge is 0.254 e. The molecule has 2 aliphatic heterocycles. The molecule has 8 heteroatoms. The van der Waals surface area contributed by atoms with Gasteiger partial charge in [-0.1, -0.05) is 18.2 Å². The number of carbonyl (C=O) groups excluding carboxylic acids is 2. The summed E-state index contributed by atoms with van der Waals surface area (Å²) in [7, 11) is 0. The fourth-order valence-corrected chi connectivity index (χ4v) is 4.32. The SMILES string of the molecule is O=C(CN1Cc2ccccc2C1=O)Nc1nc(CCCN2CCOCC2)cs1. The fraction of sp³-hybridized carbons (Fsp3) is 0.450. The zero-order chi connectivity index (χ0) is 19.3. The van der Waals surface area contributed by atoms with Gasteiger partial charge in [0, 0.05) is 30.6 Å². The van der Waals surface area contributed by atoms with Crippen molar-refractivity contribution in [3.05, 3.63) is 46.5 Å². The number of hydrogen-bond donors (Lipinski definition) is 1. The van der Waals surface area contributed by atoms with Crippen LogP contribution >= 0.6 is 11.3 Å². The van der Waals surface area contributed by atoms with Crippen LogP contribution in [-0.2, 0) is 22.5 Å². The molecule has 1 aromatic carbocycles. The van der Waals surface area contributed by atoms with E-state index in [0.29, 0.717) is 17.2 Å². The van der Waals surface area contributed by atoms with Gasteiger partial charge in [-0.2, -0.15) is 0 Å². The van der Waals surface area contributed by atoms with E-state index in [1.807, 2.05) is 23.6 Å². The van der Waals surface area contributed by atoms with Crippen LogP contribution in [0.3, 0.4) is 0 Å². The Kier molecular flexibility index (Phi) is 5.99. The number of benzene rings is 1. The molecule has 2 aromatic rings. The first-order valence-corrected chi connectivity index (χ1v) is 10.5. The van der Waals surface area contributed by atoms with E-state index in [4.69, 9.17) is 4.74 Å². The second-order valence-corrected chi connectivity index (χ2v) is 7.93. The van der Waals surface area contributed by atoms with Crippen LogP contribution in [0.4, 0.5) is 5.13 Å². The third kappa shape index (κ3) is 4.57. The molecule has 1 saturated heterocycles. The molecule has 28 heavy (non-hydrogen) atoms. The van der Waals surface area contributed by atoms with Gasteiger partial charge in [-0.15, -0.1) is 11.3 Å². The first kappa shape index (κ1) is 19.0. The summed E-state index contributed by atoms with van der Waals surface area (Å²) in [5.74, 6) is -0.302. The lowest BCUT2D eigenvalue weighted by atomic mass is 10.1. The Labute approximate surface area is 168 Å². The maximum absolute atomic E-state index is 12.4. The molecule has 1 aromatic heterocycles. The van der Waals surface area contributed by atoms with Crippen molar-refractivity contribution in [3.8, 4) is 0 Å². The summed E-state index contributed by atoms with van der Waals surface area (Å²) in [6.07, 6.45) is 1.93. The standard InChI is InChI=1S/C20H24N4O3S/c25-18(13-24-12-15-4-1-2-6-17(15)19(24)26)22-20-21-16(14-28-20)5-3-7-23-8-10-27-11-9-23/h1-2,4,6,14H,3,5,7-13H2,(H,21,22,25). The van der Waals surface area contributed by atoms with E-state index in [0.717, 1.165) is 56.9 Å². The molecular weight excluding hydrogens is 376 g/mol. The molecule has 0 saturated carbocycles. The Morgan fingerprint density at radius 3 is 2.89 bits per heavy atom. The average Bonchev–Trinajstić information content (AvgIpc) is 3.27. The number of rotatable bonds is 7. The molecule has 0 bridgehead atoms. The molecule has 4 rings (SSSR count). The van der Waals surface area contributed by atoms with E-state index in [9.17, 15) is 9.59 Å². The lowest BCUT2D eigenvalue weighted by molar-refractivity contribution is -0.116. The van der Waals surface area contributed by atoms with Gasteiger partial charge in [-0.05, 0) is 31.0 Å². The summed E-state index contributed by atoms with van der Waals surface area (Å²) < 4.78 is 5.36. The van der Waals surface area contributed by atoms with Crippen molar-refractivity contribution < 1.29 is 14.3 Å². The predicted molar refractivity (Wildman–Crippen MR) is 108 cm³/mol. The molecule has 0 spiro atoms. The molecule has 2 aliphatic rings. The normalized spacial score (nSPS) is 17.0. The Morgan fingerprint density at radius 1 is 1.25 bits per heavy atom. The number of nitrogens with one attached hydrogen (secondary N) is 1. The van der Waals surface area contributed by atoms with E-state index >= 15 is 0 Å². The van der Waals surface area contributed by atoms with E-state index < -0.39 is 0 Å². The zero-order valence-electron chi connectivity index (χ0n) is 15.7. The summed E-state index contributed by atoms with van der Waals surface area (Å²) >= 11 is 1.43. The number of thiazole rings is 1. The maximum atomic E-state index is 12.4. The van der Waals surface area contributed by atoms with E-state index in [1.54, 1.807) is 11.0 Å². The summed E-state index contributed by atoms with van der Waals surface area (Å²) in [6, 6.07) is 7.48. The lowest BCUT2D eigenvalue weighted by Crippen LogP contribution is -2.36. The fourth-order valence-electron chi connectivity index (χ4n) is 3.56. The van der Waals surface area contributed by atoms with Gasteiger partial charge in [0.15, 0.2) is 5.13 Å². The zero-order valence-corrected chi connectivity index (χ0v) is 16.5. The maximum Gasteiger partial charge on any atom is 0.254 e. The summed E-state index contributed by atoms with van der Waals surface area (Å²) in [6.45, 7) is 5.19. The number of aromatic nitrogens is 1. The molecule has 0 radical (unpaired) electrons. The van der Waals surface area contributed by atoms with Crippen LogP contribution in [0.25, 0.3) is 0 Å². The first-order chi connectivity index (χ1) is 13.7. The second kappa shape index (κ2) is 8.81. The molecule has 0 unspecified atom stereocenters. The van der Waals surface area contributed by atoms with Gasteiger partial charge in [-0.25, -0.2) is 4.98 Å². The highest BCUT2D eigenvalue weighted by atomic mass is 32.1. The summed E-state index contributed by atoms with van der Waals surface area (Å²) in [5.41, 5.74) is 2.66. The molecule has 148 valence electrons. The number of morpholine rings is 1. The molecule has 1 N–H and O–H groups in total. The predicted octanol–water partition coefficient (Wildman–Crippen LogP) is 2.00. The van der Waals surface area contributed by atoms with Crippen LogP contribution in [0.1, 0.15) is 28.0 Å². The van der Waals surface area contributed by atoms with Crippen LogP contribution < -0.4 is 5.32 Å². The largest absolute Gasteiger partial charge is 0.379 e. The van der Waals surface area contributed by atoms with Crippen molar-refractivity contribution in [1.29, 1.82) is 0 Å². The van der Waals surface area contributed by atoms with Crippen molar-refractivity contribution in [2.45, 2.75) is 19.4 Å². The summed E-state index contributed by atoms with van der Waals surface area (Å²) in [4.78, 5) is 33.2. The molecule has 0 aliphatic carbocycles. The Balaban J connectivity index is 1.23. The Hall–Kier alpha value is -2.29. The van der Waals surface area contributed by atoms with Gasteiger partial charge in [0.25, 0.3) is 5.91 Å². The third-order valence-corrected chi connectivity index (χ3v) is 5.85. The van der Waals surface area contributed by atoms with Crippen molar-refractivity contribution in [1.82, 2.24) is 14.8 Å². The van der Waals surface area contributed by atoms with Crippen LogP contribution in [0.15, 0.2) is 29.6 Å². The molecule has 7 nitrogen and oxygen atoms in total. The van der Waals surface area contributed by atoms with Gasteiger partial charge < -0.3 is 15.0 Å². The van der Waals surface area contributed by atoms with Crippen LogP contribution in [-0.4, -0.2) is 66.0 Å². The number of carbonyl (C=O) groups is 2. The number of anilines is 1. The summed E-state index contributed by atoms with van der Waals surface area (Å²) in [5, 5.41) is 5.41. The van der Waals surface area contributed by atoms with Crippen LogP contribution in [0.2, 0.25) is 0 Å². The van der Waals surface area contributed by atoms with Gasteiger partial charge >= 0.3 is 0 Å². The first-order valence-electron chi connectivity index (χ1n) is 9.60. The van der Waals surface area contributed by atoms with Gasteiger partial charge in [-0.3, -0.25) is 14.5 Å². The quantitative estimate of drug-likeness (QED) is 0.770. The van der Waals surface area contributed by atoms with Crippen molar-refractivity contribution >= 4 is 28.3 Å². The molecule has 0 atom stereocenters. The molecule has 1 fully saturated rings. The highest BCUT2D eigenvalue weighted by Gasteiger charge is 2.28. The van der Waals surface area contributed by atoms with Crippen LogP contribution in [0.5, 0.6) is 0 Å². The number of ether oxygens (including phenoxy) is 1. The highest BCUT2D eigenvalue weighted by molar-refractivity contribution is 7.13. The number of amides is 2. The van der Waals surface area contributed by atoms with Crippen molar-refractivity contribution in [2.24, 2.45) is 0 Å². The average molecular weight is 401 g/mol. The number of hydrogen-bond acceptors (Lipinski definition) is 6. The van der Waals surface area contributed by atoms with Crippen molar-refractivity contribution in [2.75, 3.05) is 44.7 Å². The van der Waals surface area contributed by atoms with Crippen molar-refractivity contribution in [3.63, 3.8) is 0 Å². The Bertz CT molecular complexity index is 847. The van der Waals surface area contributed by atoms with E-state index in [1.165, 1.54) is 11.3 Å². The number of nitrogens with zero attached hydrogens (tertiary/aromatic N) is 3. The number of aryl methyl sites for hydroxylation is 1. The number of fused-ring (bicyclic) bond motifs is 1. The van der Waals surface area contributed by atoms with Crippen LogP contribution in [0, 0.1) is 0 Å². The third-order valence-electron chi connectivity index (χ3n) is 5.04. The van der Waals surface area contributed by atoms with Gasteiger partial charge in [0.1, 0.15) is 6.54 Å². The Morgan fingerprint density at radius 2 is 2.07 bits per heavy atom.